The monoisotopic (exact) mass is 193 g/mol. The third-order valence-corrected chi connectivity index (χ3v) is 2.24. The van der Waals surface area contributed by atoms with Crippen LogP contribution >= 0.6 is 11.6 Å². The van der Waals surface area contributed by atoms with Gasteiger partial charge < -0.3 is 0 Å². The molecule has 0 saturated carbocycles. The maximum Gasteiger partial charge on any atom is 0.0115 e. The molecule has 1 aromatic rings. The summed E-state index contributed by atoms with van der Waals surface area (Å²) in [4.78, 5) is 0. The highest BCUT2D eigenvalue weighted by Gasteiger charge is 1.97. The van der Waals surface area contributed by atoms with Gasteiger partial charge in [-0.25, -0.2) is 0 Å². The summed E-state index contributed by atoms with van der Waals surface area (Å²) in [5, 5.41) is 0.679. The number of allylic oxidation sites excluding steroid dienone is 1. The van der Waals surface area contributed by atoms with E-state index in [9.17, 15) is 0 Å². The van der Waals surface area contributed by atoms with Crippen LogP contribution in [0, 0.1) is 20.3 Å². The molecule has 0 amide bonds. The van der Waals surface area contributed by atoms with Crippen molar-refractivity contribution in [3.8, 4) is 0 Å². The van der Waals surface area contributed by atoms with Gasteiger partial charge in [0, 0.05) is 5.03 Å². The van der Waals surface area contributed by atoms with Gasteiger partial charge in [0.15, 0.2) is 0 Å². The van der Waals surface area contributed by atoms with Gasteiger partial charge in [-0.05, 0) is 43.4 Å². The number of halogens is 1. The Balaban J connectivity index is 2.68. The molecular weight excluding hydrogens is 180 g/mol. The smallest absolute Gasteiger partial charge is 0.0115 e. The zero-order valence-electron chi connectivity index (χ0n) is 8.10. The first-order chi connectivity index (χ1) is 6.09. The number of hydrogen-bond donors (Lipinski definition) is 0. The molecule has 1 aromatic carbocycles. The van der Waals surface area contributed by atoms with Gasteiger partial charge in [-0.3, -0.25) is 0 Å². The van der Waals surface area contributed by atoms with Gasteiger partial charge in [0.25, 0.3) is 0 Å². The number of benzene rings is 1. The third kappa shape index (κ3) is 3.23. The zero-order chi connectivity index (χ0) is 9.84. The van der Waals surface area contributed by atoms with Gasteiger partial charge in [-0.15, -0.1) is 0 Å². The highest BCUT2D eigenvalue weighted by atomic mass is 35.5. The second-order valence-corrected chi connectivity index (χ2v) is 3.80. The molecular formula is C12H14Cl. The van der Waals surface area contributed by atoms with E-state index in [1.165, 1.54) is 16.7 Å². The molecule has 0 unspecified atom stereocenters. The average Bonchev–Trinajstić information content (AvgIpc) is 2.07. The van der Waals surface area contributed by atoms with E-state index in [-0.39, 0.29) is 0 Å². The van der Waals surface area contributed by atoms with E-state index in [0.29, 0.717) is 5.03 Å². The Labute approximate surface area is 85.2 Å². The second-order valence-electron chi connectivity index (χ2n) is 3.27. The van der Waals surface area contributed by atoms with Crippen molar-refractivity contribution in [2.24, 2.45) is 0 Å². The molecule has 0 heterocycles. The Morgan fingerprint density at radius 2 is 2.08 bits per heavy atom. The van der Waals surface area contributed by atoms with Crippen LogP contribution < -0.4 is 0 Å². The zero-order valence-corrected chi connectivity index (χ0v) is 8.86. The van der Waals surface area contributed by atoms with E-state index >= 15 is 0 Å². The molecule has 0 aromatic heterocycles. The van der Waals surface area contributed by atoms with Crippen molar-refractivity contribution in [2.45, 2.75) is 20.3 Å². The van der Waals surface area contributed by atoms with E-state index in [4.69, 9.17) is 11.6 Å². The highest BCUT2D eigenvalue weighted by molar-refractivity contribution is 6.29. The van der Waals surface area contributed by atoms with Gasteiger partial charge in [0.1, 0.15) is 0 Å². The highest BCUT2D eigenvalue weighted by Crippen LogP contribution is 2.15. The summed E-state index contributed by atoms with van der Waals surface area (Å²) in [5.74, 6) is 0. The largest absolute Gasteiger partial charge is 0.0898 e. The molecule has 0 aliphatic carbocycles. The molecule has 0 fully saturated rings. The van der Waals surface area contributed by atoms with Gasteiger partial charge in [0.2, 0.25) is 0 Å². The van der Waals surface area contributed by atoms with Crippen LogP contribution in [0.3, 0.4) is 0 Å². The first-order valence-corrected chi connectivity index (χ1v) is 4.71. The molecule has 0 aliphatic heterocycles. The molecule has 1 rings (SSSR count). The SMILES string of the molecule is C=C(Cl)C[CH]c1ccc(C)c(C)c1. The van der Waals surface area contributed by atoms with Crippen LogP contribution in [-0.4, -0.2) is 0 Å². The lowest BCUT2D eigenvalue weighted by Crippen LogP contribution is -1.86. The van der Waals surface area contributed by atoms with Crippen LogP contribution in [-0.2, 0) is 0 Å². The van der Waals surface area contributed by atoms with Crippen molar-refractivity contribution >= 4 is 11.6 Å². The van der Waals surface area contributed by atoms with Crippen LogP contribution in [0.5, 0.6) is 0 Å². The predicted molar refractivity (Wildman–Crippen MR) is 58.9 cm³/mol. The number of rotatable bonds is 3. The fourth-order valence-electron chi connectivity index (χ4n) is 1.12. The number of aryl methyl sites for hydroxylation is 2. The van der Waals surface area contributed by atoms with Crippen LogP contribution in [0.4, 0.5) is 0 Å². The summed E-state index contributed by atoms with van der Waals surface area (Å²) in [7, 11) is 0. The molecule has 0 aliphatic rings. The standard InChI is InChI=1S/C12H14Cl/c1-9-4-6-12(8-10(9)2)7-5-11(3)13/h4,6-8H,3,5H2,1-2H3. The lowest BCUT2D eigenvalue weighted by Gasteiger charge is -2.03. The average molecular weight is 194 g/mol. The van der Waals surface area contributed by atoms with E-state index in [1.54, 1.807) is 0 Å². The fourth-order valence-corrected chi connectivity index (χ4v) is 1.20. The van der Waals surface area contributed by atoms with Crippen molar-refractivity contribution in [1.82, 2.24) is 0 Å². The van der Waals surface area contributed by atoms with Gasteiger partial charge in [-0.2, -0.15) is 0 Å². The van der Waals surface area contributed by atoms with Crippen molar-refractivity contribution in [3.05, 3.63) is 52.9 Å². The Morgan fingerprint density at radius 3 is 2.62 bits per heavy atom. The summed E-state index contributed by atoms with van der Waals surface area (Å²) >= 11 is 5.67. The summed E-state index contributed by atoms with van der Waals surface area (Å²) in [6, 6.07) is 6.38. The molecule has 0 N–H and O–H groups in total. The fraction of sp³-hybridized carbons (Fsp3) is 0.250. The molecule has 0 spiro atoms. The van der Waals surface area contributed by atoms with Crippen molar-refractivity contribution in [2.75, 3.05) is 0 Å². The minimum absolute atomic E-state index is 0.679. The summed E-state index contributed by atoms with van der Waals surface area (Å²) in [6.07, 6.45) is 2.83. The normalized spacial score (nSPS) is 10.1. The van der Waals surface area contributed by atoms with E-state index in [2.05, 4.69) is 45.0 Å². The van der Waals surface area contributed by atoms with Gasteiger partial charge in [-0.1, -0.05) is 36.4 Å². The number of hydrogen-bond acceptors (Lipinski definition) is 0. The van der Waals surface area contributed by atoms with Crippen LogP contribution in [0.2, 0.25) is 0 Å². The minimum Gasteiger partial charge on any atom is -0.0898 e. The van der Waals surface area contributed by atoms with Crippen LogP contribution in [0.15, 0.2) is 29.8 Å². The molecule has 0 atom stereocenters. The first-order valence-electron chi connectivity index (χ1n) is 4.33. The lowest BCUT2D eigenvalue weighted by molar-refractivity contribution is 1.20. The quantitative estimate of drug-likeness (QED) is 0.681. The molecule has 0 saturated heterocycles. The summed E-state index contributed by atoms with van der Waals surface area (Å²) in [5.41, 5.74) is 3.85. The lowest BCUT2D eigenvalue weighted by atomic mass is 10.0. The van der Waals surface area contributed by atoms with Crippen LogP contribution in [0.25, 0.3) is 0 Å². The molecule has 1 heteroatoms. The Hall–Kier alpha value is -0.750. The maximum absolute atomic E-state index is 5.67. The molecule has 1 radical (unpaired) electrons. The predicted octanol–water partition coefficient (Wildman–Crippen LogP) is 4.00. The molecule has 69 valence electrons. The second kappa shape index (κ2) is 4.48. The van der Waals surface area contributed by atoms with Crippen molar-refractivity contribution < 1.29 is 0 Å². The van der Waals surface area contributed by atoms with Crippen molar-refractivity contribution in [3.63, 3.8) is 0 Å². The summed E-state index contributed by atoms with van der Waals surface area (Å²) in [6.45, 7) is 7.87. The van der Waals surface area contributed by atoms with Gasteiger partial charge >= 0.3 is 0 Å². The Morgan fingerprint density at radius 1 is 1.38 bits per heavy atom. The Kier molecular flexibility index (Phi) is 3.56. The third-order valence-electron chi connectivity index (χ3n) is 2.09. The van der Waals surface area contributed by atoms with Crippen LogP contribution in [0.1, 0.15) is 23.1 Å². The molecule has 0 nitrogen and oxygen atoms in total. The van der Waals surface area contributed by atoms with E-state index < -0.39 is 0 Å². The summed E-state index contributed by atoms with van der Waals surface area (Å²) < 4.78 is 0. The molecule has 0 bridgehead atoms. The topological polar surface area (TPSA) is 0 Å². The minimum atomic E-state index is 0.679. The van der Waals surface area contributed by atoms with E-state index in [1.807, 2.05) is 0 Å². The molecule has 13 heavy (non-hydrogen) atoms. The first kappa shape index (κ1) is 10.3. The van der Waals surface area contributed by atoms with E-state index in [0.717, 1.165) is 6.42 Å². The van der Waals surface area contributed by atoms with Gasteiger partial charge in [0.05, 0.1) is 0 Å². The van der Waals surface area contributed by atoms with Crippen molar-refractivity contribution in [1.29, 1.82) is 0 Å². The maximum atomic E-state index is 5.67. The Bertz CT molecular complexity index is 313.